The molecule has 0 bridgehead atoms. The number of hydrogen-bond donors (Lipinski definition) is 1. The largest absolute Gasteiger partial charge is 0.492 e. The van der Waals surface area contributed by atoms with Gasteiger partial charge >= 0.3 is 0 Å². The third-order valence-electron chi connectivity index (χ3n) is 2.92. The maximum Gasteiger partial charge on any atom is 0.142 e. The monoisotopic (exact) mass is 241 g/mol. The third-order valence-corrected chi connectivity index (χ3v) is 2.92. The highest BCUT2D eigenvalue weighted by atomic mass is 16.5. The molecule has 0 aromatic heterocycles. The van der Waals surface area contributed by atoms with Crippen molar-refractivity contribution in [1.29, 1.82) is 0 Å². The van der Waals surface area contributed by atoms with E-state index >= 15 is 0 Å². The van der Waals surface area contributed by atoms with Gasteiger partial charge in [0.05, 0.1) is 12.3 Å². The van der Waals surface area contributed by atoms with Crippen LogP contribution < -0.4 is 10.1 Å². The summed E-state index contributed by atoms with van der Waals surface area (Å²) in [5, 5.41) is 3.43. The van der Waals surface area contributed by atoms with Gasteiger partial charge in [-0.05, 0) is 37.1 Å². The normalized spacial score (nSPS) is 10.1. The summed E-state index contributed by atoms with van der Waals surface area (Å²) in [6, 6.07) is 16.4. The van der Waals surface area contributed by atoms with E-state index in [-0.39, 0.29) is 0 Å². The molecule has 2 rings (SSSR count). The maximum absolute atomic E-state index is 5.59. The van der Waals surface area contributed by atoms with Crippen molar-refractivity contribution in [2.75, 3.05) is 11.9 Å². The zero-order chi connectivity index (χ0) is 12.8. The highest BCUT2D eigenvalue weighted by Gasteiger charge is 2.02. The minimum atomic E-state index is 0.684. The summed E-state index contributed by atoms with van der Waals surface area (Å²) in [6.07, 6.45) is 0. The fourth-order valence-electron chi connectivity index (χ4n) is 1.89. The van der Waals surface area contributed by atoms with Crippen molar-refractivity contribution in [3.63, 3.8) is 0 Å². The van der Waals surface area contributed by atoms with Crippen LogP contribution in [0.4, 0.5) is 5.69 Å². The Morgan fingerprint density at radius 2 is 1.72 bits per heavy atom. The Morgan fingerprint density at radius 3 is 2.50 bits per heavy atom. The second-order valence-corrected chi connectivity index (χ2v) is 4.21. The Bertz CT molecular complexity index is 508. The topological polar surface area (TPSA) is 21.3 Å². The van der Waals surface area contributed by atoms with Gasteiger partial charge in [0.15, 0.2) is 0 Å². The lowest BCUT2D eigenvalue weighted by Crippen LogP contribution is -2.03. The summed E-state index contributed by atoms with van der Waals surface area (Å²) in [6.45, 7) is 5.63. The van der Waals surface area contributed by atoms with Crippen molar-refractivity contribution in [3.05, 3.63) is 59.7 Å². The van der Waals surface area contributed by atoms with Crippen LogP contribution in [0, 0.1) is 6.92 Å². The lowest BCUT2D eigenvalue weighted by atomic mass is 10.1. The van der Waals surface area contributed by atoms with Gasteiger partial charge in [-0.15, -0.1) is 0 Å². The zero-order valence-electron chi connectivity index (χ0n) is 10.9. The van der Waals surface area contributed by atoms with Crippen LogP contribution in [0.1, 0.15) is 18.1 Å². The summed E-state index contributed by atoms with van der Waals surface area (Å²) >= 11 is 0. The van der Waals surface area contributed by atoms with Gasteiger partial charge in [0.25, 0.3) is 0 Å². The van der Waals surface area contributed by atoms with Gasteiger partial charge < -0.3 is 10.1 Å². The van der Waals surface area contributed by atoms with E-state index in [2.05, 4.69) is 36.5 Å². The number of rotatable bonds is 5. The van der Waals surface area contributed by atoms with Gasteiger partial charge in [-0.2, -0.15) is 0 Å². The Morgan fingerprint density at radius 1 is 1.00 bits per heavy atom. The second kappa shape index (κ2) is 6.10. The molecule has 18 heavy (non-hydrogen) atoms. The van der Waals surface area contributed by atoms with Crippen LogP contribution in [0.3, 0.4) is 0 Å². The van der Waals surface area contributed by atoms with Crippen LogP contribution in [0.2, 0.25) is 0 Å². The summed E-state index contributed by atoms with van der Waals surface area (Å²) in [7, 11) is 0. The van der Waals surface area contributed by atoms with Crippen LogP contribution in [-0.2, 0) is 6.54 Å². The summed E-state index contributed by atoms with van der Waals surface area (Å²) in [4.78, 5) is 0. The Kier molecular flexibility index (Phi) is 4.24. The molecular weight excluding hydrogens is 222 g/mol. The van der Waals surface area contributed by atoms with E-state index in [4.69, 9.17) is 4.74 Å². The first-order chi connectivity index (χ1) is 8.81. The zero-order valence-corrected chi connectivity index (χ0v) is 10.9. The first-order valence-electron chi connectivity index (χ1n) is 6.31. The molecule has 0 atom stereocenters. The van der Waals surface area contributed by atoms with E-state index in [1.807, 2.05) is 31.2 Å². The average Bonchev–Trinajstić information content (AvgIpc) is 2.40. The predicted octanol–water partition coefficient (Wildman–Crippen LogP) is 4.01. The van der Waals surface area contributed by atoms with Gasteiger partial charge in [0.2, 0.25) is 0 Å². The molecule has 0 unspecified atom stereocenters. The fraction of sp³-hybridized carbons (Fsp3) is 0.250. The lowest BCUT2D eigenvalue weighted by molar-refractivity contribution is 0.341. The van der Waals surface area contributed by atoms with Crippen molar-refractivity contribution in [1.82, 2.24) is 0 Å². The lowest BCUT2D eigenvalue weighted by Gasteiger charge is -2.13. The molecule has 0 fully saturated rings. The SMILES string of the molecule is CCOc1ccccc1NCc1ccccc1C. The molecule has 2 nitrogen and oxygen atoms in total. The Balaban J connectivity index is 2.08. The first-order valence-corrected chi connectivity index (χ1v) is 6.31. The highest BCUT2D eigenvalue weighted by molar-refractivity contribution is 5.56. The second-order valence-electron chi connectivity index (χ2n) is 4.21. The molecule has 0 heterocycles. The van der Waals surface area contributed by atoms with Gasteiger partial charge in [-0.3, -0.25) is 0 Å². The summed E-state index contributed by atoms with van der Waals surface area (Å²) < 4.78 is 5.59. The Labute approximate surface area is 109 Å². The standard InChI is InChI=1S/C16H19NO/c1-3-18-16-11-7-6-10-15(16)17-12-14-9-5-4-8-13(14)2/h4-11,17H,3,12H2,1-2H3. The van der Waals surface area contributed by atoms with Crippen LogP contribution in [0.5, 0.6) is 5.75 Å². The minimum Gasteiger partial charge on any atom is -0.492 e. The number of benzene rings is 2. The van der Waals surface area contributed by atoms with Crippen molar-refractivity contribution in [3.8, 4) is 5.75 Å². The smallest absolute Gasteiger partial charge is 0.142 e. The number of nitrogens with one attached hydrogen (secondary N) is 1. The quantitative estimate of drug-likeness (QED) is 0.854. The molecule has 0 saturated carbocycles. The molecule has 1 N–H and O–H groups in total. The van der Waals surface area contributed by atoms with E-state index in [9.17, 15) is 0 Å². The molecule has 0 aliphatic heterocycles. The van der Waals surface area contributed by atoms with E-state index in [0.29, 0.717) is 6.61 Å². The number of aryl methyl sites for hydroxylation is 1. The van der Waals surface area contributed by atoms with Gasteiger partial charge in [0.1, 0.15) is 5.75 Å². The molecule has 2 heteroatoms. The molecule has 0 spiro atoms. The van der Waals surface area contributed by atoms with Gasteiger partial charge in [-0.25, -0.2) is 0 Å². The van der Waals surface area contributed by atoms with Gasteiger partial charge in [-0.1, -0.05) is 36.4 Å². The van der Waals surface area contributed by atoms with Crippen LogP contribution in [-0.4, -0.2) is 6.61 Å². The third kappa shape index (κ3) is 3.04. The van der Waals surface area contributed by atoms with Crippen molar-refractivity contribution in [2.45, 2.75) is 20.4 Å². The maximum atomic E-state index is 5.59. The van der Waals surface area contributed by atoms with Gasteiger partial charge in [0, 0.05) is 6.54 Å². The number of ether oxygens (including phenoxy) is 1. The van der Waals surface area contributed by atoms with Crippen molar-refractivity contribution < 1.29 is 4.74 Å². The molecule has 2 aromatic carbocycles. The molecule has 0 aliphatic rings. The van der Waals surface area contributed by atoms with Crippen LogP contribution in [0.25, 0.3) is 0 Å². The molecule has 0 radical (unpaired) electrons. The number of hydrogen-bond acceptors (Lipinski definition) is 2. The van der Waals surface area contributed by atoms with E-state index < -0.39 is 0 Å². The molecule has 0 aliphatic carbocycles. The number of para-hydroxylation sites is 2. The van der Waals surface area contributed by atoms with Crippen LogP contribution >= 0.6 is 0 Å². The molecular formula is C16H19NO. The molecule has 0 amide bonds. The minimum absolute atomic E-state index is 0.684. The summed E-state index contributed by atoms with van der Waals surface area (Å²) in [5.41, 5.74) is 3.66. The predicted molar refractivity (Wildman–Crippen MR) is 76.1 cm³/mol. The Hall–Kier alpha value is -1.96. The first kappa shape index (κ1) is 12.5. The summed E-state index contributed by atoms with van der Waals surface area (Å²) in [5.74, 6) is 0.911. The average molecular weight is 241 g/mol. The van der Waals surface area contributed by atoms with Crippen molar-refractivity contribution >= 4 is 5.69 Å². The van der Waals surface area contributed by atoms with Crippen LogP contribution in [0.15, 0.2) is 48.5 Å². The number of anilines is 1. The van der Waals surface area contributed by atoms with E-state index in [0.717, 1.165) is 18.0 Å². The van der Waals surface area contributed by atoms with E-state index in [1.54, 1.807) is 0 Å². The molecule has 2 aromatic rings. The fourth-order valence-corrected chi connectivity index (χ4v) is 1.89. The van der Waals surface area contributed by atoms with E-state index in [1.165, 1.54) is 11.1 Å². The van der Waals surface area contributed by atoms with Crippen molar-refractivity contribution in [2.24, 2.45) is 0 Å². The molecule has 94 valence electrons. The molecule has 0 saturated heterocycles. The highest BCUT2D eigenvalue weighted by Crippen LogP contribution is 2.24.